The highest BCUT2D eigenvalue weighted by molar-refractivity contribution is 7.68. The first kappa shape index (κ1) is 26.4. The van der Waals surface area contributed by atoms with Crippen molar-refractivity contribution in [3.63, 3.8) is 0 Å². The summed E-state index contributed by atoms with van der Waals surface area (Å²) >= 11 is 0. The fraction of sp³-hybridized carbons (Fsp3) is 0.667. The second-order valence-electron chi connectivity index (χ2n) is 2.97. The van der Waals surface area contributed by atoms with E-state index < -0.39 is 14.5 Å². The third-order valence-electron chi connectivity index (χ3n) is 2.18. The lowest BCUT2D eigenvalue weighted by atomic mass is 11.0. The van der Waals surface area contributed by atoms with Crippen molar-refractivity contribution in [2.24, 2.45) is 9.53 Å². The summed E-state index contributed by atoms with van der Waals surface area (Å²) < 4.78 is 17.6. The lowest BCUT2D eigenvalue weighted by Gasteiger charge is -2.12. The summed E-state index contributed by atoms with van der Waals surface area (Å²) in [5, 5.41) is 0. The second-order valence-corrected chi connectivity index (χ2v) is 8.92. The van der Waals surface area contributed by atoms with Crippen molar-refractivity contribution in [3.8, 4) is 0 Å². The quantitative estimate of drug-likeness (QED) is 0.534. The number of rotatable bonds is 6. The molecule has 0 amide bonds. The van der Waals surface area contributed by atoms with E-state index in [9.17, 15) is 0 Å². The van der Waals surface area contributed by atoms with Crippen LogP contribution in [0.1, 0.15) is 28.7 Å². The van der Waals surface area contributed by atoms with Gasteiger partial charge in [0.1, 0.15) is 14.5 Å². The molecule has 0 heterocycles. The number of hydrogen-bond donors (Lipinski definition) is 0. The number of hydrogen-bond acceptors (Lipinski definition) is 4. The normalized spacial score (nSPS) is 15.3. The van der Waals surface area contributed by atoms with E-state index in [4.69, 9.17) is 9.05 Å². The Morgan fingerprint density at radius 2 is 1.06 bits per heavy atom. The molecule has 0 radical (unpaired) electrons. The van der Waals surface area contributed by atoms with Crippen molar-refractivity contribution >= 4 is 40.6 Å². The molecular formula is C12H32N2O2P2. The molecule has 0 aliphatic heterocycles. The Bertz CT molecular complexity index is 258. The Kier molecular flexibility index (Phi) is 19.5. The molecule has 0 aliphatic carbocycles. The van der Waals surface area contributed by atoms with E-state index in [-0.39, 0.29) is 14.9 Å². The van der Waals surface area contributed by atoms with Crippen LogP contribution in [0.5, 0.6) is 0 Å². The predicted molar refractivity (Wildman–Crippen MR) is 95.7 cm³/mol. The molecule has 0 spiro atoms. The van der Waals surface area contributed by atoms with Gasteiger partial charge in [0.05, 0.1) is 0 Å². The average Bonchev–Trinajstić information content (AvgIpc) is 2.37. The molecule has 0 aromatic rings. The van der Waals surface area contributed by atoms with E-state index in [0.29, 0.717) is 0 Å². The molecule has 0 N–H and O–H groups in total. The van der Waals surface area contributed by atoms with Crippen LogP contribution in [0.3, 0.4) is 0 Å². The smallest absolute Gasteiger partial charge is 0.103 e. The van der Waals surface area contributed by atoms with E-state index in [1.165, 1.54) is 0 Å². The van der Waals surface area contributed by atoms with Gasteiger partial charge in [-0.2, -0.15) is 0 Å². The van der Waals surface area contributed by atoms with E-state index in [1.54, 1.807) is 14.2 Å². The second kappa shape index (κ2) is 13.3. The van der Waals surface area contributed by atoms with Crippen molar-refractivity contribution in [1.82, 2.24) is 0 Å². The molecule has 0 rings (SSSR count). The minimum atomic E-state index is -1.65. The molecule has 0 aliphatic rings. The van der Waals surface area contributed by atoms with Crippen molar-refractivity contribution in [2.75, 3.05) is 26.5 Å². The molecule has 112 valence electrons. The topological polar surface area (TPSA) is 43.2 Å². The van der Waals surface area contributed by atoms with Crippen LogP contribution in [0.15, 0.2) is 9.53 Å². The maximum atomic E-state index is 5.01. The van der Waals surface area contributed by atoms with Gasteiger partial charge >= 0.3 is 0 Å². The van der Waals surface area contributed by atoms with Gasteiger partial charge in [0.25, 0.3) is 0 Å². The molecule has 18 heavy (non-hydrogen) atoms. The zero-order valence-corrected chi connectivity index (χ0v) is 12.6. The molecule has 0 saturated heterocycles. The van der Waals surface area contributed by atoms with Gasteiger partial charge in [0, 0.05) is 26.5 Å². The van der Waals surface area contributed by atoms with Crippen LogP contribution >= 0.6 is 14.5 Å². The molecule has 2 atom stereocenters. The van der Waals surface area contributed by atoms with Crippen LogP contribution in [0.25, 0.3) is 0 Å². The Balaban J connectivity index is -0.0000000980. The van der Waals surface area contributed by atoms with Gasteiger partial charge in [-0.05, 0) is 13.4 Å². The van der Waals surface area contributed by atoms with Gasteiger partial charge in [-0.3, -0.25) is 9.53 Å². The van der Waals surface area contributed by atoms with Crippen LogP contribution in [-0.2, 0) is 9.05 Å². The van der Waals surface area contributed by atoms with E-state index in [2.05, 4.69) is 35.6 Å². The number of nitrogens with zero attached hydrogens (tertiary/aromatic N) is 2. The summed E-state index contributed by atoms with van der Waals surface area (Å²) in [5.41, 5.74) is 0. The lowest BCUT2D eigenvalue weighted by Crippen LogP contribution is -1.83. The first-order chi connectivity index (χ1) is 7.36. The van der Waals surface area contributed by atoms with Crippen LogP contribution in [-0.4, -0.2) is 52.6 Å². The zero-order chi connectivity index (χ0) is 13.2. The first-order valence-corrected chi connectivity index (χ1v) is 8.95. The summed E-state index contributed by atoms with van der Waals surface area (Å²) in [5.74, 6) is 0. The summed E-state index contributed by atoms with van der Waals surface area (Å²) in [6, 6.07) is 0. The minimum absolute atomic E-state index is 0. The molecule has 4 nitrogen and oxygen atoms in total. The molecule has 6 heteroatoms. The van der Waals surface area contributed by atoms with Gasteiger partial charge in [0.15, 0.2) is 0 Å². The Labute approximate surface area is 115 Å². The molecule has 0 bridgehead atoms. The monoisotopic (exact) mass is 298 g/mol. The Hall–Kier alpha value is -0.140. The minimum Gasteiger partial charge on any atom is -0.344 e. The van der Waals surface area contributed by atoms with E-state index >= 15 is 0 Å². The molecule has 0 fully saturated rings. The third kappa shape index (κ3) is 11.0. The van der Waals surface area contributed by atoms with E-state index in [1.807, 2.05) is 13.8 Å². The molecule has 2 unspecified atom stereocenters. The third-order valence-corrected chi connectivity index (χ3v) is 6.55. The summed E-state index contributed by atoms with van der Waals surface area (Å²) in [4.78, 5) is 0. The molecule has 0 aromatic carbocycles. The van der Waals surface area contributed by atoms with E-state index in [0.717, 1.165) is 12.3 Å². The summed E-state index contributed by atoms with van der Waals surface area (Å²) in [6.45, 7) is 10.8. The molecule has 0 aromatic heterocycles. The Morgan fingerprint density at radius 1 is 0.833 bits per heavy atom. The standard InChI is InChI=1S/2C5H12NOP.2CH4/c2*1-5-8(4,6-2)7-3;;/h2*2,4-5H2,1,3H3;2*1H4. The largest absolute Gasteiger partial charge is 0.344 e. The molecular weight excluding hydrogens is 266 g/mol. The SMILES string of the molecule is C.C.C=NP(=C)(CC)OC.C=NP(=C)(CC)OC. The highest BCUT2D eigenvalue weighted by Crippen LogP contribution is 2.45. The van der Waals surface area contributed by atoms with Crippen LogP contribution < -0.4 is 0 Å². The van der Waals surface area contributed by atoms with Crippen LogP contribution in [0.4, 0.5) is 0 Å². The van der Waals surface area contributed by atoms with Gasteiger partial charge in [-0.1, -0.05) is 41.3 Å². The fourth-order valence-electron chi connectivity index (χ4n) is 0.574. The van der Waals surface area contributed by atoms with Gasteiger partial charge in [-0.25, -0.2) is 0 Å². The van der Waals surface area contributed by atoms with Crippen molar-refractivity contribution in [3.05, 3.63) is 0 Å². The van der Waals surface area contributed by atoms with Crippen LogP contribution in [0, 0.1) is 0 Å². The first-order valence-electron chi connectivity index (χ1n) is 4.89. The van der Waals surface area contributed by atoms with Crippen molar-refractivity contribution in [1.29, 1.82) is 0 Å². The fourth-order valence-corrected chi connectivity index (χ4v) is 1.72. The Morgan fingerprint density at radius 3 is 1.06 bits per heavy atom. The maximum Gasteiger partial charge on any atom is 0.103 e. The lowest BCUT2D eigenvalue weighted by molar-refractivity contribution is 0.459. The van der Waals surface area contributed by atoms with Gasteiger partial charge < -0.3 is 9.05 Å². The van der Waals surface area contributed by atoms with Crippen molar-refractivity contribution in [2.45, 2.75) is 28.7 Å². The zero-order valence-electron chi connectivity index (χ0n) is 10.8. The van der Waals surface area contributed by atoms with Gasteiger partial charge in [0.2, 0.25) is 0 Å². The highest BCUT2D eigenvalue weighted by Gasteiger charge is 2.03. The molecule has 0 saturated carbocycles. The van der Waals surface area contributed by atoms with Crippen molar-refractivity contribution < 1.29 is 9.05 Å². The highest BCUT2D eigenvalue weighted by atomic mass is 31.2. The van der Waals surface area contributed by atoms with Gasteiger partial charge in [-0.15, -0.1) is 0 Å². The maximum absolute atomic E-state index is 5.01. The summed E-state index contributed by atoms with van der Waals surface area (Å²) in [7, 11) is -0.0484. The summed E-state index contributed by atoms with van der Waals surface area (Å²) in [6.07, 6.45) is 9.31. The average molecular weight is 298 g/mol. The predicted octanol–water partition coefficient (Wildman–Crippen LogP) is 4.54. The van der Waals surface area contributed by atoms with Crippen LogP contribution in [0.2, 0.25) is 0 Å².